The third-order valence-electron chi connectivity index (χ3n) is 6.33. The highest BCUT2D eigenvalue weighted by molar-refractivity contribution is 5.94. The van der Waals surface area contributed by atoms with Gasteiger partial charge >= 0.3 is 6.03 Å². The quantitative estimate of drug-likeness (QED) is 0.760. The van der Waals surface area contributed by atoms with Crippen molar-refractivity contribution in [3.63, 3.8) is 0 Å². The first kappa shape index (κ1) is 19.2. The number of para-hydroxylation sites is 1. The molecule has 3 aliphatic heterocycles. The molecule has 0 aliphatic carbocycles. The maximum Gasteiger partial charge on any atom is 0.324 e. The number of halogens is 1. The van der Waals surface area contributed by atoms with E-state index < -0.39 is 0 Å². The average Bonchev–Trinajstić information content (AvgIpc) is 3.40. The van der Waals surface area contributed by atoms with E-state index in [1.54, 1.807) is 17.0 Å². The molecular formula is C23H27FN4O2. The summed E-state index contributed by atoms with van der Waals surface area (Å²) < 4.78 is 19.0. The van der Waals surface area contributed by atoms with Gasteiger partial charge in [-0.2, -0.15) is 0 Å². The summed E-state index contributed by atoms with van der Waals surface area (Å²) in [5.74, 6) is 0.780. The van der Waals surface area contributed by atoms with Crippen LogP contribution in [0.15, 0.2) is 42.5 Å². The Bertz CT molecular complexity index is 912. The fraction of sp³-hybridized carbons (Fsp3) is 0.435. The smallest absolute Gasteiger partial charge is 0.324 e. The lowest BCUT2D eigenvalue weighted by molar-refractivity contribution is 0.199. The number of carbonyl (C=O) groups excluding carboxylic acids is 1. The van der Waals surface area contributed by atoms with E-state index in [2.05, 4.69) is 28.0 Å². The Morgan fingerprint density at radius 3 is 2.50 bits per heavy atom. The number of urea groups is 1. The van der Waals surface area contributed by atoms with Gasteiger partial charge in [0.1, 0.15) is 11.6 Å². The maximum atomic E-state index is 13.1. The molecule has 0 N–H and O–H groups in total. The molecule has 3 heterocycles. The summed E-state index contributed by atoms with van der Waals surface area (Å²) in [4.78, 5) is 21.2. The molecule has 158 valence electrons. The van der Waals surface area contributed by atoms with Crippen molar-refractivity contribution in [1.29, 1.82) is 0 Å². The molecule has 2 saturated heterocycles. The second-order valence-corrected chi connectivity index (χ2v) is 8.09. The first-order valence-electron chi connectivity index (χ1n) is 10.7. The van der Waals surface area contributed by atoms with Crippen molar-refractivity contribution in [2.24, 2.45) is 0 Å². The Kier molecular flexibility index (Phi) is 5.21. The van der Waals surface area contributed by atoms with Crippen molar-refractivity contribution in [3.05, 3.63) is 53.8 Å². The summed E-state index contributed by atoms with van der Waals surface area (Å²) in [5.41, 5.74) is 3.29. The number of amides is 2. The predicted octanol–water partition coefficient (Wildman–Crippen LogP) is 2.82. The highest BCUT2D eigenvalue weighted by Gasteiger charge is 2.30. The lowest BCUT2D eigenvalue weighted by Crippen LogP contribution is -2.49. The standard InChI is InChI=1S/C23H27FN4O2/c24-19-4-6-20(7-5-19)28-16-15-27(23(28)29)14-11-25-9-12-26(13-10-25)21-3-1-2-18-8-17-30-22(18)21/h1-7H,8-17H2. The molecule has 0 unspecified atom stereocenters. The molecule has 2 fully saturated rings. The molecule has 0 saturated carbocycles. The Morgan fingerprint density at radius 2 is 1.70 bits per heavy atom. The number of rotatable bonds is 5. The van der Waals surface area contributed by atoms with Gasteiger partial charge in [0, 0.05) is 64.5 Å². The molecule has 30 heavy (non-hydrogen) atoms. The number of nitrogens with zero attached hydrogens (tertiary/aromatic N) is 4. The third kappa shape index (κ3) is 3.69. The molecule has 0 bridgehead atoms. The van der Waals surface area contributed by atoms with Crippen LogP contribution in [0, 0.1) is 5.82 Å². The zero-order valence-corrected chi connectivity index (χ0v) is 17.1. The molecule has 0 radical (unpaired) electrons. The molecule has 6 nitrogen and oxygen atoms in total. The molecule has 2 amide bonds. The van der Waals surface area contributed by atoms with Gasteiger partial charge < -0.3 is 14.5 Å². The van der Waals surface area contributed by atoms with Crippen molar-refractivity contribution >= 4 is 17.4 Å². The Hall–Kier alpha value is -2.80. The number of hydrogen-bond acceptors (Lipinski definition) is 4. The number of fused-ring (bicyclic) bond motifs is 1. The molecular weight excluding hydrogens is 383 g/mol. The van der Waals surface area contributed by atoms with Crippen molar-refractivity contribution in [1.82, 2.24) is 9.80 Å². The SMILES string of the molecule is O=C1N(CCN2CCN(c3cccc4c3OCC4)CC2)CCN1c1ccc(F)cc1. The van der Waals surface area contributed by atoms with Crippen LogP contribution in [0.5, 0.6) is 5.75 Å². The van der Waals surface area contributed by atoms with Crippen LogP contribution in [0.1, 0.15) is 5.56 Å². The fourth-order valence-corrected chi connectivity index (χ4v) is 4.57. The van der Waals surface area contributed by atoms with Crippen molar-refractivity contribution in [2.45, 2.75) is 6.42 Å². The molecule has 5 rings (SSSR count). The van der Waals surface area contributed by atoms with Crippen LogP contribution in [0.25, 0.3) is 0 Å². The van der Waals surface area contributed by atoms with Gasteiger partial charge in [0.2, 0.25) is 0 Å². The summed E-state index contributed by atoms with van der Waals surface area (Å²) in [6.07, 6.45) is 1.00. The molecule has 2 aromatic rings. The van der Waals surface area contributed by atoms with Gasteiger partial charge in [0.25, 0.3) is 0 Å². The van der Waals surface area contributed by atoms with Gasteiger partial charge in [0.05, 0.1) is 12.3 Å². The van der Waals surface area contributed by atoms with Gasteiger partial charge in [-0.3, -0.25) is 9.80 Å². The summed E-state index contributed by atoms with van der Waals surface area (Å²) in [5, 5.41) is 0. The van der Waals surface area contributed by atoms with E-state index in [0.29, 0.717) is 13.1 Å². The zero-order chi connectivity index (χ0) is 20.5. The van der Waals surface area contributed by atoms with Crippen LogP contribution < -0.4 is 14.5 Å². The van der Waals surface area contributed by atoms with Crippen LogP contribution in [-0.4, -0.2) is 74.8 Å². The number of ether oxygens (including phenoxy) is 1. The first-order chi connectivity index (χ1) is 14.7. The minimum atomic E-state index is -0.284. The van der Waals surface area contributed by atoms with Crippen LogP contribution >= 0.6 is 0 Å². The largest absolute Gasteiger partial charge is 0.491 e. The highest BCUT2D eigenvalue weighted by atomic mass is 19.1. The summed E-state index contributed by atoms with van der Waals surface area (Å²) >= 11 is 0. The van der Waals surface area contributed by atoms with E-state index in [0.717, 1.165) is 63.7 Å². The molecule has 7 heteroatoms. The molecule has 0 atom stereocenters. The Balaban J connectivity index is 1.12. The molecule has 0 spiro atoms. The predicted molar refractivity (Wildman–Crippen MR) is 115 cm³/mol. The van der Waals surface area contributed by atoms with Gasteiger partial charge in [-0.05, 0) is 35.9 Å². The number of carbonyl (C=O) groups is 1. The van der Waals surface area contributed by atoms with E-state index in [4.69, 9.17) is 4.74 Å². The van der Waals surface area contributed by atoms with Gasteiger partial charge in [-0.25, -0.2) is 9.18 Å². The molecule has 3 aliphatic rings. The van der Waals surface area contributed by atoms with Crippen molar-refractivity contribution in [2.75, 3.05) is 68.8 Å². The Morgan fingerprint density at radius 1 is 0.900 bits per heavy atom. The number of anilines is 2. The normalized spacial score (nSPS) is 19.4. The second-order valence-electron chi connectivity index (χ2n) is 8.09. The highest BCUT2D eigenvalue weighted by Crippen LogP contribution is 2.36. The van der Waals surface area contributed by atoms with Crippen molar-refractivity contribution < 1.29 is 13.9 Å². The van der Waals surface area contributed by atoms with Gasteiger partial charge in [0.15, 0.2) is 0 Å². The Labute approximate surface area is 176 Å². The van der Waals surface area contributed by atoms with E-state index in [1.807, 2.05) is 4.90 Å². The number of piperazine rings is 1. The van der Waals surface area contributed by atoms with E-state index in [9.17, 15) is 9.18 Å². The van der Waals surface area contributed by atoms with Crippen molar-refractivity contribution in [3.8, 4) is 5.75 Å². The summed E-state index contributed by atoms with van der Waals surface area (Å²) in [6.45, 7) is 7.64. The van der Waals surface area contributed by atoms with Gasteiger partial charge in [-0.15, -0.1) is 0 Å². The summed E-state index contributed by atoms with van der Waals surface area (Å²) in [7, 11) is 0. The zero-order valence-electron chi connectivity index (χ0n) is 17.1. The minimum absolute atomic E-state index is 0.0113. The first-order valence-corrected chi connectivity index (χ1v) is 10.7. The maximum absolute atomic E-state index is 13.1. The topological polar surface area (TPSA) is 39.3 Å². The van der Waals surface area contributed by atoms with Crippen LogP contribution in [0.4, 0.5) is 20.6 Å². The summed E-state index contributed by atoms with van der Waals surface area (Å²) in [6, 6.07) is 12.6. The van der Waals surface area contributed by atoms with E-state index in [1.165, 1.54) is 23.4 Å². The molecule has 2 aromatic carbocycles. The average molecular weight is 410 g/mol. The van der Waals surface area contributed by atoms with E-state index >= 15 is 0 Å². The second kappa shape index (κ2) is 8.14. The third-order valence-corrected chi connectivity index (χ3v) is 6.33. The lowest BCUT2D eigenvalue weighted by atomic mass is 10.1. The van der Waals surface area contributed by atoms with Crippen LogP contribution in [0.3, 0.4) is 0 Å². The van der Waals surface area contributed by atoms with Crippen LogP contribution in [0.2, 0.25) is 0 Å². The lowest BCUT2D eigenvalue weighted by Gasteiger charge is -2.37. The molecule has 0 aromatic heterocycles. The monoisotopic (exact) mass is 410 g/mol. The van der Waals surface area contributed by atoms with Gasteiger partial charge in [-0.1, -0.05) is 12.1 Å². The van der Waals surface area contributed by atoms with E-state index in [-0.39, 0.29) is 11.8 Å². The number of hydrogen-bond donors (Lipinski definition) is 0. The minimum Gasteiger partial charge on any atom is -0.491 e. The fourth-order valence-electron chi connectivity index (χ4n) is 4.57. The van der Waals surface area contributed by atoms with Crippen LogP contribution in [-0.2, 0) is 6.42 Å². The number of benzene rings is 2.